The van der Waals surface area contributed by atoms with Crippen molar-refractivity contribution in [1.29, 1.82) is 0 Å². The highest BCUT2D eigenvalue weighted by Crippen LogP contribution is 2.26. The van der Waals surface area contributed by atoms with E-state index in [2.05, 4.69) is 19.2 Å². The molecule has 0 fully saturated rings. The first-order chi connectivity index (χ1) is 10.0. The maximum Gasteiger partial charge on any atom is 0.128 e. The maximum atomic E-state index is 14.0. The summed E-state index contributed by atoms with van der Waals surface area (Å²) in [6.45, 7) is 6.88. The fourth-order valence-electron chi connectivity index (χ4n) is 2.42. The number of halogens is 2. The normalized spacial score (nSPS) is 12.7. The Bertz CT molecular complexity index is 591. The van der Waals surface area contributed by atoms with Gasteiger partial charge in [0.15, 0.2) is 0 Å². The summed E-state index contributed by atoms with van der Waals surface area (Å²) in [5, 5.41) is 3.23. The quantitative estimate of drug-likeness (QED) is 0.834. The molecule has 2 aromatic rings. The first-order valence-corrected chi connectivity index (χ1v) is 7.31. The summed E-state index contributed by atoms with van der Waals surface area (Å²) in [6.07, 6.45) is 0. The fourth-order valence-corrected chi connectivity index (χ4v) is 2.42. The molecular weight excluding hydrogens is 268 g/mol. The van der Waals surface area contributed by atoms with E-state index < -0.39 is 11.6 Å². The van der Waals surface area contributed by atoms with Gasteiger partial charge >= 0.3 is 0 Å². The standard InChI is InChI=1S/C18H21F2N/c1-4-21-18(16-11-15(19)9-10-17(16)20)14-7-5-13(6-8-14)12(2)3/h5-12,18,21H,4H2,1-3H3. The van der Waals surface area contributed by atoms with Crippen LogP contribution >= 0.6 is 0 Å². The molecular formula is C18H21F2N. The maximum absolute atomic E-state index is 14.0. The van der Waals surface area contributed by atoms with Crippen LogP contribution in [-0.4, -0.2) is 6.54 Å². The zero-order valence-electron chi connectivity index (χ0n) is 12.7. The van der Waals surface area contributed by atoms with Gasteiger partial charge in [0.1, 0.15) is 11.6 Å². The SMILES string of the molecule is CCNC(c1ccc(C(C)C)cc1)c1cc(F)ccc1F. The van der Waals surface area contributed by atoms with Gasteiger partial charge in [-0.1, -0.05) is 45.0 Å². The van der Waals surface area contributed by atoms with Crippen LogP contribution < -0.4 is 5.32 Å². The van der Waals surface area contributed by atoms with Gasteiger partial charge in [-0.05, 0) is 41.8 Å². The highest BCUT2D eigenvalue weighted by atomic mass is 19.1. The summed E-state index contributed by atoms with van der Waals surface area (Å²) in [4.78, 5) is 0. The van der Waals surface area contributed by atoms with Crippen LogP contribution in [0.4, 0.5) is 8.78 Å². The predicted molar refractivity (Wildman–Crippen MR) is 82.4 cm³/mol. The van der Waals surface area contributed by atoms with Gasteiger partial charge < -0.3 is 5.32 Å². The monoisotopic (exact) mass is 289 g/mol. The van der Waals surface area contributed by atoms with Crippen LogP contribution in [0.5, 0.6) is 0 Å². The summed E-state index contributed by atoms with van der Waals surface area (Å²) in [6, 6.07) is 11.3. The van der Waals surface area contributed by atoms with E-state index in [0.717, 1.165) is 11.6 Å². The highest BCUT2D eigenvalue weighted by Gasteiger charge is 2.18. The molecule has 0 bridgehead atoms. The van der Waals surface area contributed by atoms with E-state index in [1.54, 1.807) is 0 Å². The number of hydrogen-bond donors (Lipinski definition) is 1. The third-order valence-electron chi connectivity index (χ3n) is 3.61. The number of nitrogens with one attached hydrogen (secondary N) is 1. The van der Waals surface area contributed by atoms with Crippen LogP contribution in [-0.2, 0) is 0 Å². The van der Waals surface area contributed by atoms with Crippen LogP contribution in [0.25, 0.3) is 0 Å². The largest absolute Gasteiger partial charge is 0.306 e. The molecule has 0 saturated heterocycles. The van der Waals surface area contributed by atoms with Crippen LogP contribution in [0.2, 0.25) is 0 Å². The molecule has 0 radical (unpaired) electrons. The average molecular weight is 289 g/mol. The van der Waals surface area contributed by atoms with Crippen LogP contribution in [0, 0.1) is 11.6 Å². The lowest BCUT2D eigenvalue weighted by Crippen LogP contribution is -2.23. The molecule has 0 amide bonds. The zero-order chi connectivity index (χ0) is 15.4. The fraction of sp³-hybridized carbons (Fsp3) is 0.333. The topological polar surface area (TPSA) is 12.0 Å². The molecule has 2 aromatic carbocycles. The highest BCUT2D eigenvalue weighted by molar-refractivity contribution is 5.35. The van der Waals surface area contributed by atoms with Crippen LogP contribution in [0.15, 0.2) is 42.5 Å². The minimum atomic E-state index is -0.423. The van der Waals surface area contributed by atoms with Crippen molar-refractivity contribution in [2.24, 2.45) is 0 Å². The van der Waals surface area contributed by atoms with Gasteiger partial charge in [-0.15, -0.1) is 0 Å². The van der Waals surface area contributed by atoms with E-state index in [1.807, 2.05) is 31.2 Å². The lowest BCUT2D eigenvalue weighted by atomic mass is 9.95. The van der Waals surface area contributed by atoms with Crippen molar-refractivity contribution in [3.8, 4) is 0 Å². The Morgan fingerprint density at radius 3 is 2.14 bits per heavy atom. The Balaban J connectivity index is 2.40. The van der Waals surface area contributed by atoms with Crippen LogP contribution in [0.1, 0.15) is 49.4 Å². The summed E-state index contributed by atoms with van der Waals surface area (Å²) in [5.74, 6) is -0.370. The van der Waals surface area contributed by atoms with Crippen molar-refractivity contribution < 1.29 is 8.78 Å². The molecule has 0 aliphatic rings. The molecule has 1 nitrogen and oxygen atoms in total. The second-order valence-electron chi connectivity index (χ2n) is 5.48. The van der Waals surface area contributed by atoms with Gasteiger partial charge in [-0.3, -0.25) is 0 Å². The van der Waals surface area contributed by atoms with E-state index in [1.165, 1.54) is 17.7 Å². The van der Waals surface area contributed by atoms with Gasteiger partial charge in [0.2, 0.25) is 0 Å². The van der Waals surface area contributed by atoms with E-state index in [9.17, 15) is 8.78 Å². The third-order valence-corrected chi connectivity index (χ3v) is 3.61. The Kier molecular flexibility index (Phi) is 5.07. The molecule has 2 rings (SSSR count). The van der Waals surface area contributed by atoms with E-state index in [0.29, 0.717) is 18.0 Å². The van der Waals surface area contributed by atoms with E-state index in [4.69, 9.17) is 0 Å². The summed E-state index contributed by atoms with van der Waals surface area (Å²) >= 11 is 0. The lowest BCUT2D eigenvalue weighted by Gasteiger charge is -2.20. The Morgan fingerprint density at radius 2 is 1.57 bits per heavy atom. The van der Waals surface area contributed by atoms with Gasteiger partial charge in [0.05, 0.1) is 6.04 Å². The second kappa shape index (κ2) is 6.81. The minimum Gasteiger partial charge on any atom is -0.306 e. The number of benzene rings is 2. The summed E-state index contributed by atoms with van der Waals surface area (Å²) in [7, 11) is 0. The molecule has 0 aliphatic heterocycles. The average Bonchev–Trinajstić information content (AvgIpc) is 2.48. The van der Waals surface area contributed by atoms with E-state index in [-0.39, 0.29) is 6.04 Å². The zero-order valence-corrected chi connectivity index (χ0v) is 12.7. The van der Waals surface area contributed by atoms with Crippen molar-refractivity contribution in [1.82, 2.24) is 5.32 Å². The van der Waals surface area contributed by atoms with Gasteiger partial charge in [-0.2, -0.15) is 0 Å². The summed E-state index contributed by atoms with van der Waals surface area (Å²) in [5.41, 5.74) is 2.51. The van der Waals surface area contributed by atoms with Crippen molar-refractivity contribution in [3.63, 3.8) is 0 Å². The number of hydrogen-bond acceptors (Lipinski definition) is 1. The van der Waals surface area contributed by atoms with Crippen molar-refractivity contribution in [2.45, 2.75) is 32.7 Å². The molecule has 21 heavy (non-hydrogen) atoms. The molecule has 0 spiro atoms. The first-order valence-electron chi connectivity index (χ1n) is 7.31. The predicted octanol–water partition coefficient (Wildman–Crippen LogP) is 4.79. The molecule has 3 heteroatoms. The minimum absolute atomic E-state index is 0.341. The van der Waals surface area contributed by atoms with Gasteiger partial charge in [0.25, 0.3) is 0 Å². The Morgan fingerprint density at radius 1 is 0.952 bits per heavy atom. The lowest BCUT2D eigenvalue weighted by molar-refractivity contribution is 0.544. The number of rotatable bonds is 5. The molecule has 1 atom stereocenters. The van der Waals surface area contributed by atoms with E-state index >= 15 is 0 Å². The Hall–Kier alpha value is -1.74. The van der Waals surface area contributed by atoms with Crippen molar-refractivity contribution >= 4 is 0 Å². The molecule has 0 aliphatic carbocycles. The molecule has 0 heterocycles. The Labute approximate surface area is 125 Å². The molecule has 0 saturated carbocycles. The first kappa shape index (κ1) is 15.6. The van der Waals surface area contributed by atoms with Crippen LogP contribution in [0.3, 0.4) is 0 Å². The molecule has 1 unspecified atom stereocenters. The van der Waals surface area contributed by atoms with Crippen molar-refractivity contribution in [2.75, 3.05) is 6.54 Å². The molecule has 1 N–H and O–H groups in total. The second-order valence-corrected chi connectivity index (χ2v) is 5.48. The molecule has 0 aromatic heterocycles. The smallest absolute Gasteiger partial charge is 0.128 e. The van der Waals surface area contributed by atoms with Crippen molar-refractivity contribution in [3.05, 3.63) is 70.8 Å². The third kappa shape index (κ3) is 3.67. The van der Waals surface area contributed by atoms with Gasteiger partial charge in [0, 0.05) is 5.56 Å². The summed E-state index contributed by atoms with van der Waals surface area (Å²) < 4.78 is 27.5. The van der Waals surface area contributed by atoms with Gasteiger partial charge in [-0.25, -0.2) is 8.78 Å². The molecule has 112 valence electrons.